The van der Waals surface area contributed by atoms with Crippen LogP contribution in [-0.4, -0.2) is 35.7 Å². The molecule has 14 heavy (non-hydrogen) atoms. The molecule has 1 amide bonds. The first kappa shape index (κ1) is 9.10. The van der Waals surface area contributed by atoms with Gasteiger partial charge in [-0.25, -0.2) is 0 Å². The summed E-state index contributed by atoms with van der Waals surface area (Å²) in [6.07, 6.45) is -0.288. The molecule has 2 heterocycles. The molecule has 0 saturated carbocycles. The molecule has 3 N–H and O–H groups in total. The lowest BCUT2D eigenvalue weighted by Crippen LogP contribution is -2.33. The summed E-state index contributed by atoms with van der Waals surface area (Å²) in [5.74, 6) is -0.538. The Hall–Kier alpha value is -1.47. The van der Waals surface area contributed by atoms with E-state index in [0.29, 0.717) is 13.2 Å². The Morgan fingerprint density at radius 1 is 1.64 bits per heavy atom. The lowest BCUT2D eigenvalue weighted by atomic mass is 10.3. The monoisotopic (exact) mass is 198 g/mol. The van der Waals surface area contributed by atoms with Gasteiger partial charge in [0.25, 0.3) is 17.6 Å². The lowest BCUT2D eigenvalue weighted by Gasteiger charge is -2.19. The van der Waals surface area contributed by atoms with Gasteiger partial charge in [-0.3, -0.25) is 4.79 Å². The molecule has 1 saturated heterocycles. The maximum absolute atomic E-state index is 10.7. The summed E-state index contributed by atoms with van der Waals surface area (Å²) < 4.78 is 10.2. The van der Waals surface area contributed by atoms with E-state index in [0.717, 1.165) is 6.54 Å². The van der Waals surface area contributed by atoms with Crippen LogP contribution in [0.15, 0.2) is 4.52 Å². The third-order valence-electron chi connectivity index (χ3n) is 1.87. The molecular weight excluding hydrogens is 188 g/mol. The fraction of sp³-hybridized carbons (Fsp3) is 0.571. The highest BCUT2D eigenvalue weighted by Crippen LogP contribution is 2.15. The molecule has 1 aliphatic heterocycles. The molecule has 0 aromatic carbocycles. The summed E-state index contributed by atoms with van der Waals surface area (Å²) in [4.78, 5) is 14.5. The zero-order valence-electron chi connectivity index (χ0n) is 7.40. The van der Waals surface area contributed by atoms with Gasteiger partial charge in [-0.15, -0.1) is 0 Å². The van der Waals surface area contributed by atoms with Gasteiger partial charge in [0.2, 0.25) is 0 Å². The molecule has 1 aromatic heterocycles. The Morgan fingerprint density at radius 3 is 3.07 bits per heavy atom. The van der Waals surface area contributed by atoms with E-state index < -0.39 is 5.91 Å². The molecule has 0 aliphatic carbocycles. The second kappa shape index (κ2) is 3.72. The highest BCUT2D eigenvalue weighted by Gasteiger charge is 2.23. The molecule has 1 atom stereocenters. The highest BCUT2D eigenvalue weighted by atomic mass is 16.5. The molecule has 1 fully saturated rings. The van der Waals surface area contributed by atoms with Crippen LogP contribution >= 0.6 is 0 Å². The second-order valence-electron chi connectivity index (χ2n) is 2.88. The molecule has 1 aromatic rings. The van der Waals surface area contributed by atoms with Crippen molar-refractivity contribution in [2.75, 3.05) is 19.7 Å². The van der Waals surface area contributed by atoms with E-state index in [4.69, 9.17) is 15.0 Å². The number of hydrogen-bond acceptors (Lipinski definition) is 6. The second-order valence-corrected chi connectivity index (χ2v) is 2.88. The van der Waals surface area contributed by atoms with Crippen molar-refractivity contribution in [3.63, 3.8) is 0 Å². The first-order chi connectivity index (χ1) is 6.77. The Bertz CT molecular complexity index is 331. The van der Waals surface area contributed by atoms with Crippen molar-refractivity contribution in [1.82, 2.24) is 15.5 Å². The number of primary amides is 1. The minimum Gasteiger partial charge on any atom is -0.366 e. The Balaban J connectivity index is 2.11. The summed E-state index contributed by atoms with van der Waals surface area (Å²) in [5.41, 5.74) is 4.98. The van der Waals surface area contributed by atoms with Crippen LogP contribution in [0.3, 0.4) is 0 Å². The van der Waals surface area contributed by atoms with Crippen LogP contribution in [0.2, 0.25) is 0 Å². The summed E-state index contributed by atoms with van der Waals surface area (Å²) in [7, 11) is 0. The maximum atomic E-state index is 10.7. The number of amides is 1. The number of aromatic nitrogens is 2. The first-order valence-electron chi connectivity index (χ1n) is 4.23. The van der Waals surface area contributed by atoms with Gasteiger partial charge in [0.15, 0.2) is 0 Å². The molecular formula is C7H10N4O3. The van der Waals surface area contributed by atoms with Crippen molar-refractivity contribution in [2.24, 2.45) is 5.73 Å². The van der Waals surface area contributed by atoms with E-state index in [1.807, 2.05) is 0 Å². The van der Waals surface area contributed by atoms with Crippen LogP contribution in [0.4, 0.5) is 0 Å². The molecule has 1 aliphatic rings. The van der Waals surface area contributed by atoms with Gasteiger partial charge < -0.3 is 20.3 Å². The number of nitrogens with two attached hydrogens (primary N) is 1. The number of hydrogen-bond donors (Lipinski definition) is 2. The van der Waals surface area contributed by atoms with Crippen LogP contribution in [0.1, 0.15) is 22.6 Å². The first-order valence-corrected chi connectivity index (χ1v) is 4.23. The Morgan fingerprint density at radius 2 is 2.50 bits per heavy atom. The van der Waals surface area contributed by atoms with Crippen LogP contribution in [0.5, 0.6) is 0 Å². The van der Waals surface area contributed by atoms with Crippen molar-refractivity contribution < 1.29 is 14.1 Å². The van der Waals surface area contributed by atoms with E-state index in [1.54, 1.807) is 0 Å². The molecule has 7 nitrogen and oxygen atoms in total. The fourth-order valence-electron chi connectivity index (χ4n) is 1.19. The minimum absolute atomic E-state index is 0.117. The Kier molecular flexibility index (Phi) is 2.42. The van der Waals surface area contributed by atoms with Crippen LogP contribution in [0.25, 0.3) is 0 Å². The van der Waals surface area contributed by atoms with Crippen molar-refractivity contribution in [3.8, 4) is 0 Å². The summed E-state index contributed by atoms with van der Waals surface area (Å²) in [6, 6.07) is 0. The van der Waals surface area contributed by atoms with Gasteiger partial charge >= 0.3 is 0 Å². The number of nitrogens with zero attached hydrogens (tertiary/aromatic N) is 2. The van der Waals surface area contributed by atoms with Gasteiger partial charge in [-0.05, 0) is 0 Å². The van der Waals surface area contributed by atoms with Crippen molar-refractivity contribution >= 4 is 5.91 Å². The van der Waals surface area contributed by atoms with Gasteiger partial charge in [0, 0.05) is 13.1 Å². The summed E-state index contributed by atoms with van der Waals surface area (Å²) in [5, 5.41) is 6.53. The molecule has 0 spiro atoms. The molecule has 1 unspecified atom stereocenters. The normalized spacial score (nSPS) is 22.1. The summed E-state index contributed by atoms with van der Waals surface area (Å²) >= 11 is 0. The highest BCUT2D eigenvalue weighted by molar-refractivity contribution is 5.88. The predicted molar refractivity (Wildman–Crippen MR) is 44.4 cm³/mol. The molecule has 0 bridgehead atoms. The zero-order chi connectivity index (χ0) is 9.97. The minimum atomic E-state index is -0.705. The van der Waals surface area contributed by atoms with E-state index in [1.165, 1.54) is 0 Å². The van der Waals surface area contributed by atoms with Crippen molar-refractivity contribution in [3.05, 3.63) is 11.7 Å². The van der Waals surface area contributed by atoms with Crippen LogP contribution < -0.4 is 11.1 Å². The Labute approximate surface area is 79.6 Å². The van der Waals surface area contributed by atoms with Crippen LogP contribution in [0, 0.1) is 0 Å². The fourth-order valence-corrected chi connectivity index (χ4v) is 1.19. The maximum Gasteiger partial charge on any atom is 0.290 e. The molecule has 7 heteroatoms. The third kappa shape index (κ3) is 1.73. The largest absolute Gasteiger partial charge is 0.366 e. The van der Waals surface area contributed by atoms with Gasteiger partial charge in [0.05, 0.1) is 6.61 Å². The lowest BCUT2D eigenvalue weighted by molar-refractivity contribution is 0.00755. The topological polar surface area (TPSA) is 103 Å². The van der Waals surface area contributed by atoms with Crippen molar-refractivity contribution in [2.45, 2.75) is 6.10 Å². The SMILES string of the molecule is NC(=O)c1noc(C2CNCCO2)n1. The number of morpholine rings is 1. The quantitative estimate of drug-likeness (QED) is 0.620. The number of carbonyl (C=O) groups is 1. The molecule has 2 rings (SSSR count). The van der Waals surface area contributed by atoms with Crippen molar-refractivity contribution in [1.29, 1.82) is 0 Å². The smallest absolute Gasteiger partial charge is 0.290 e. The number of ether oxygens (including phenoxy) is 1. The van der Waals surface area contributed by atoms with Gasteiger partial charge in [-0.2, -0.15) is 4.98 Å². The number of carbonyl (C=O) groups excluding carboxylic acids is 1. The standard InChI is InChI=1S/C7H10N4O3/c8-5(12)6-10-7(14-11-6)4-3-9-1-2-13-4/h4,9H,1-3H2,(H2,8,12). The molecule has 76 valence electrons. The summed E-state index contributed by atoms with van der Waals surface area (Å²) in [6.45, 7) is 1.98. The van der Waals surface area contributed by atoms with E-state index in [9.17, 15) is 4.79 Å². The van der Waals surface area contributed by atoms with Gasteiger partial charge in [0.1, 0.15) is 6.10 Å². The van der Waals surface area contributed by atoms with Crippen LogP contribution in [-0.2, 0) is 4.74 Å². The number of rotatable bonds is 2. The number of nitrogens with one attached hydrogen (secondary N) is 1. The van der Waals surface area contributed by atoms with E-state index in [2.05, 4.69) is 15.5 Å². The van der Waals surface area contributed by atoms with E-state index in [-0.39, 0.29) is 17.8 Å². The zero-order valence-corrected chi connectivity index (χ0v) is 7.40. The predicted octanol–water partition coefficient (Wildman–Crippen LogP) is -1.17. The third-order valence-corrected chi connectivity index (χ3v) is 1.87. The average molecular weight is 198 g/mol. The van der Waals surface area contributed by atoms with Gasteiger partial charge in [-0.1, -0.05) is 5.16 Å². The average Bonchev–Trinajstić information content (AvgIpc) is 2.68. The molecule has 0 radical (unpaired) electrons. The van der Waals surface area contributed by atoms with E-state index >= 15 is 0 Å².